The van der Waals surface area contributed by atoms with Crippen LogP contribution in [0, 0.1) is 5.41 Å². The van der Waals surface area contributed by atoms with Gasteiger partial charge in [0.2, 0.25) is 11.8 Å². The van der Waals surface area contributed by atoms with Crippen molar-refractivity contribution >= 4 is 17.5 Å². The molecule has 0 fully saturated rings. The molecule has 0 radical (unpaired) electrons. The molecule has 2 aromatic carbocycles. The Kier molecular flexibility index (Phi) is 6.41. The number of para-hydroxylation sites is 2. The molecule has 172 valence electrons. The van der Waals surface area contributed by atoms with E-state index >= 15 is 0 Å². The van der Waals surface area contributed by atoms with Crippen LogP contribution in [0.4, 0.5) is 5.69 Å². The third-order valence-electron chi connectivity index (χ3n) is 6.14. The van der Waals surface area contributed by atoms with Crippen LogP contribution in [0.25, 0.3) is 5.69 Å². The Labute approximate surface area is 196 Å². The van der Waals surface area contributed by atoms with Crippen LogP contribution in [-0.4, -0.2) is 34.4 Å². The van der Waals surface area contributed by atoms with Crippen LogP contribution in [0.3, 0.4) is 0 Å². The first kappa shape index (κ1) is 22.8. The van der Waals surface area contributed by atoms with E-state index in [9.17, 15) is 9.59 Å². The molecule has 0 bridgehead atoms. The Balaban J connectivity index is 1.77. The van der Waals surface area contributed by atoms with E-state index in [0.29, 0.717) is 6.54 Å². The fraction of sp³-hybridized carbons (Fsp3) is 0.357. The number of nitrogens with zero attached hydrogens (tertiary/aromatic N) is 3. The summed E-state index contributed by atoms with van der Waals surface area (Å²) in [4.78, 5) is 30.8. The zero-order chi connectivity index (χ0) is 23.6. The summed E-state index contributed by atoms with van der Waals surface area (Å²) in [5.74, 6) is -0.0633. The average Bonchev–Trinajstić information content (AvgIpc) is 3.30. The number of unbranched alkanes of at least 4 members (excludes halogenated alkanes) is 1. The monoisotopic (exact) mass is 443 g/mol. The molecule has 2 heterocycles. The van der Waals surface area contributed by atoms with Crippen molar-refractivity contribution in [1.82, 2.24) is 9.47 Å². The predicted octanol–water partition coefficient (Wildman–Crippen LogP) is 5.59. The molecule has 0 aliphatic carbocycles. The molecule has 5 nitrogen and oxygen atoms in total. The summed E-state index contributed by atoms with van der Waals surface area (Å²) in [5.41, 5.74) is 3.37. The summed E-state index contributed by atoms with van der Waals surface area (Å²) >= 11 is 0. The second-order valence-corrected chi connectivity index (χ2v) is 9.70. The van der Waals surface area contributed by atoms with E-state index in [0.717, 1.165) is 35.5 Å². The highest BCUT2D eigenvalue weighted by Crippen LogP contribution is 2.42. The molecule has 1 aliphatic rings. The summed E-state index contributed by atoms with van der Waals surface area (Å²) in [6.07, 6.45) is 3.88. The van der Waals surface area contributed by atoms with Gasteiger partial charge in [-0.2, -0.15) is 0 Å². The van der Waals surface area contributed by atoms with E-state index in [1.807, 2.05) is 80.4 Å². The van der Waals surface area contributed by atoms with Crippen LogP contribution >= 0.6 is 0 Å². The minimum Gasteiger partial charge on any atom is -0.333 e. The second kappa shape index (κ2) is 9.26. The summed E-state index contributed by atoms with van der Waals surface area (Å²) in [5, 5.41) is 0. The Hall–Kier alpha value is -3.34. The van der Waals surface area contributed by atoms with Crippen molar-refractivity contribution in [2.45, 2.75) is 46.6 Å². The smallest absolute Gasteiger partial charge is 0.247 e. The molecule has 0 saturated heterocycles. The Morgan fingerprint density at radius 1 is 0.909 bits per heavy atom. The molecule has 1 aromatic heterocycles. The molecule has 3 aromatic rings. The summed E-state index contributed by atoms with van der Waals surface area (Å²) in [7, 11) is 0. The summed E-state index contributed by atoms with van der Waals surface area (Å²) in [6, 6.07) is 21.9. The molecule has 0 spiro atoms. The number of hydrogen-bond donors (Lipinski definition) is 0. The molecule has 4 rings (SSSR count). The summed E-state index contributed by atoms with van der Waals surface area (Å²) < 4.78 is 2.16. The van der Waals surface area contributed by atoms with Crippen LogP contribution in [0.5, 0.6) is 0 Å². The first-order chi connectivity index (χ1) is 15.8. The van der Waals surface area contributed by atoms with Crippen molar-refractivity contribution in [2.24, 2.45) is 5.41 Å². The van der Waals surface area contributed by atoms with Gasteiger partial charge in [0, 0.05) is 18.2 Å². The fourth-order valence-electron chi connectivity index (χ4n) is 4.53. The number of benzene rings is 2. The fourth-order valence-corrected chi connectivity index (χ4v) is 4.53. The molecule has 1 aliphatic heterocycles. The van der Waals surface area contributed by atoms with E-state index in [4.69, 9.17) is 0 Å². The molecule has 1 atom stereocenters. The van der Waals surface area contributed by atoms with Gasteiger partial charge < -0.3 is 9.47 Å². The zero-order valence-electron chi connectivity index (χ0n) is 20.0. The molecule has 0 saturated carbocycles. The number of anilines is 1. The standard InChI is InChI=1S/C28H33N3O2/c1-5-6-18-29(27(33)28(2,3)4)20-25(32)31-23-16-11-10-15-22(23)30-19-12-17-24(30)26(31)21-13-8-7-9-14-21/h7-17,19,26H,5-6,18,20H2,1-4H3. The van der Waals surface area contributed by atoms with Gasteiger partial charge in [-0.3, -0.25) is 14.5 Å². The highest BCUT2D eigenvalue weighted by Gasteiger charge is 2.37. The molecule has 1 unspecified atom stereocenters. The molecular formula is C28H33N3O2. The first-order valence-corrected chi connectivity index (χ1v) is 11.8. The van der Waals surface area contributed by atoms with Crippen molar-refractivity contribution in [3.63, 3.8) is 0 Å². The average molecular weight is 444 g/mol. The number of carbonyl (C=O) groups is 2. The van der Waals surface area contributed by atoms with Crippen LogP contribution in [0.15, 0.2) is 72.9 Å². The number of fused-ring (bicyclic) bond motifs is 3. The second-order valence-electron chi connectivity index (χ2n) is 9.70. The first-order valence-electron chi connectivity index (χ1n) is 11.8. The third kappa shape index (κ3) is 4.45. The minimum atomic E-state index is -0.540. The lowest BCUT2D eigenvalue weighted by atomic mass is 9.94. The maximum atomic E-state index is 14.0. The van der Waals surface area contributed by atoms with Crippen molar-refractivity contribution in [2.75, 3.05) is 18.0 Å². The lowest BCUT2D eigenvalue weighted by molar-refractivity contribution is -0.142. The topological polar surface area (TPSA) is 45.6 Å². The van der Waals surface area contributed by atoms with Gasteiger partial charge in [-0.15, -0.1) is 0 Å². The van der Waals surface area contributed by atoms with Crippen LogP contribution in [-0.2, 0) is 9.59 Å². The van der Waals surface area contributed by atoms with Gasteiger partial charge in [0.05, 0.1) is 17.1 Å². The zero-order valence-corrected chi connectivity index (χ0v) is 20.0. The van der Waals surface area contributed by atoms with Crippen molar-refractivity contribution in [3.8, 4) is 5.69 Å². The molecule has 2 amide bonds. The van der Waals surface area contributed by atoms with Crippen molar-refractivity contribution in [1.29, 1.82) is 0 Å². The van der Waals surface area contributed by atoms with Gasteiger partial charge in [0.1, 0.15) is 12.6 Å². The van der Waals surface area contributed by atoms with Gasteiger partial charge in [-0.1, -0.05) is 76.6 Å². The quantitative estimate of drug-likeness (QED) is 0.499. The molecular weight excluding hydrogens is 410 g/mol. The Bertz CT molecular complexity index is 1130. The van der Waals surface area contributed by atoms with Crippen LogP contribution < -0.4 is 4.90 Å². The lowest BCUT2D eigenvalue weighted by Gasteiger charge is -2.40. The molecule has 0 N–H and O–H groups in total. The highest BCUT2D eigenvalue weighted by atomic mass is 16.2. The third-order valence-corrected chi connectivity index (χ3v) is 6.14. The predicted molar refractivity (Wildman–Crippen MR) is 132 cm³/mol. The van der Waals surface area contributed by atoms with Gasteiger partial charge in [0.15, 0.2) is 0 Å². The highest BCUT2D eigenvalue weighted by molar-refractivity contribution is 6.00. The van der Waals surface area contributed by atoms with E-state index in [2.05, 4.69) is 29.7 Å². The normalized spacial score (nSPS) is 15.0. The maximum absolute atomic E-state index is 14.0. The number of aromatic nitrogens is 1. The summed E-state index contributed by atoms with van der Waals surface area (Å²) in [6.45, 7) is 8.48. The molecule has 5 heteroatoms. The van der Waals surface area contributed by atoms with E-state index in [1.54, 1.807) is 4.90 Å². The van der Waals surface area contributed by atoms with E-state index in [1.165, 1.54) is 0 Å². The Morgan fingerprint density at radius 3 is 2.24 bits per heavy atom. The van der Waals surface area contributed by atoms with Crippen LogP contribution in [0.1, 0.15) is 57.8 Å². The lowest BCUT2D eigenvalue weighted by Crippen LogP contribution is -2.49. The Morgan fingerprint density at radius 2 is 1.58 bits per heavy atom. The van der Waals surface area contributed by atoms with E-state index in [-0.39, 0.29) is 24.4 Å². The minimum absolute atomic E-state index is 0.00855. The number of hydrogen-bond acceptors (Lipinski definition) is 2. The van der Waals surface area contributed by atoms with Gasteiger partial charge in [0.25, 0.3) is 0 Å². The number of amides is 2. The molecule has 33 heavy (non-hydrogen) atoms. The SMILES string of the molecule is CCCCN(CC(=O)N1c2ccccc2-n2cccc2C1c1ccccc1)C(=O)C(C)(C)C. The van der Waals surface area contributed by atoms with E-state index < -0.39 is 5.41 Å². The van der Waals surface area contributed by atoms with Gasteiger partial charge in [-0.05, 0) is 36.2 Å². The van der Waals surface area contributed by atoms with Gasteiger partial charge >= 0.3 is 0 Å². The van der Waals surface area contributed by atoms with Crippen LogP contribution in [0.2, 0.25) is 0 Å². The van der Waals surface area contributed by atoms with Crippen molar-refractivity contribution < 1.29 is 9.59 Å². The largest absolute Gasteiger partial charge is 0.333 e. The maximum Gasteiger partial charge on any atom is 0.247 e. The number of rotatable bonds is 6. The van der Waals surface area contributed by atoms with Crippen molar-refractivity contribution in [3.05, 3.63) is 84.2 Å². The van der Waals surface area contributed by atoms with Gasteiger partial charge in [-0.25, -0.2) is 0 Å². The number of carbonyl (C=O) groups excluding carboxylic acids is 2.